The molecule has 1 aliphatic carbocycles. The van der Waals surface area contributed by atoms with Gasteiger partial charge >= 0.3 is 5.97 Å². The highest BCUT2D eigenvalue weighted by atomic mass is 32.2. The molecule has 0 fully saturated rings. The fourth-order valence-corrected chi connectivity index (χ4v) is 2.32. The number of rotatable bonds is 5. The molecule has 0 saturated carbocycles. The number of carboxylic acids is 1. The van der Waals surface area contributed by atoms with Crippen LogP contribution >= 0.6 is 11.8 Å². The van der Waals surface area contributed by atoms with E-state index in [1.165, 1.54) is 11.8 Å². The second-order valence-corrected chi connectivity index (χ2v) is 4.78. The molecule has 84 valence electrons. The molecule has 0 saturated heterocycles. The zero-order valence-corrected chi connectivity index (χ0v) is 9.34. The molecule has 0 radical (unpaired) electrons. The summed E-state index contributed by atoms with van der Waals surface area (Å²) in [6, 6.07) is 0. The van der Waals surface area contributed by atoms with E-state index >= 15 is 0 Å². The Hall–Kier alpha value is -0.810. The Labute approximate surface area is 92.4 Å². The lowest BCUT2D eigenvalue weighted by Crippen LogP contribution is -2.13. The highest BCUT2D eigenvalue weighted by Crippen LogP contribution is 2.26. The van der Waals surface area contributed by atoms with E-state index in [1.807, 2.05) is 0 Å². The number of carboxylic acid groups (broad SMARTS) is 1. The molecule has 0 aromatic carbocycles. The van der Waals surface area contributed by atoms with Gasteiger partial charge in [-0.05, 0) is 18.9 Å². The number of carbonyl (C=O) groups is 2. The van der Waals surface area contributed by atoms with Gasteiger partial charge in [0.05, 0.1) is 11.9 Å². The summed E-state index contributed by atoms with van der Waals surface area (Å²) in [5.41, 5.74) is 1.39. The van der Waals surface area contributed by atoms with Crippen LogP contribution in [0.25, 0.3) is 0 Å². The van der Waals surface area contributed by atoms with Crippen molar-refractivity contribution in [1.82, 2.24) is 0 Å². The Morgan fingerprint density at radius 2 is 2.20 bits per heavy atom. The molecule has 1 unspecified atom stereocenters. The second-order valence-electron chi connectivity index (χ2n) is 3.45. The van der Waals surface area contributed by atoms with Crippen LogP contribution in [-0.2, 0) is 9.59 Å². The van der Waals surface area contributed by atoms with Gasteiger partial charge in [0.1, 0.15) is 0 Å². The Morgan fingerprint density at radius 1 is 1.53 bits per heavy atom. The van der Waals surface area contributed by atoms with Gasteiger partial charge in [0, 0.05) is 17.7 Å². The first-order chi connectivity index (χ1) is 7.06. The fraction of sp³-hybridized carbons (Fsp3) is 0.600. The van der Waals surface area contributed by atoms with Crippen LogP contribution in [0, 0.1) is 0 Å². The Balaban J connectivity index is 2.57. The maximum atomic E-state index is 11.4. The third kappa shape index (κ3) is 3.07. The van der Waals surface area contributed by atoms with Crippen LogP contribution in [0.1, 0.15) is 19.8 Å². The molecule has 1 rings (SSSR count). The number of hydrogen-bond donors (Lipinski definition) is 2. The zero-order valence-electron chi connectivity index (χ0n) is 8.52. The van der Waals surface area contributed by atoms with Crippen molar-refractivity contribution in [3.05, 3.63) is 11.1 Å². The van der Waals surface area contributed by atoms with E-state index in [0.29, 0.717) is 24.2 Å². The van der Waals surface area contributed by atoms with E-state index in [1.54, 1.807) is 6.92 Å². The molecule has 0 aromatic rings. The van der Waals surface area contributed by atoms with Gasteiger partial charge in [-0.2, -0.15) is 0 Å². The summed E-state index contributed by atoms with van der Waals surface area (Å²) in [5, 5.41) is 17.1. The van der Waals surface area contributed by atoms with Gasteiger partial charge < -0.3 is 10.2 Å². The van der Waals surface area contributed by atoms with Crippen LogP contribution in [0.4, 0.5) is 0 Å². The molecule has 1 atom stereocenters. The van der Waals surface area contributed by atoms with Gasteiger partial charge in [-0.1, -0.05) is 0 Å². The summed E-state index contributed by atoms with van der Waals surface area (Å²) in [6.07, 6.45) is 1.07. The standard InChI is InChI=1S/C10H14O4S/c1-6(10(13)14)15-5-8-7(4-11)2-3-9(8)12/h6,11H,2-5H2,1H3,(H,13,14). The predicted molar refractivity (Wildman–Crippen MR) is 57.9 cm³/mol. The maximum Gasteiger partial charge on any atom is 0.316 e. The van der Waals surface area contributed by atoms with Gasteiger partial charge in [-0.3, -0.25) is 9.59 Å². The highest BCUT2D eigenvalue weighted by molar-refractivity contribution is 8.00. The molecular weight excluding hydrogens is 216 g/mol. The van der Waals surface area contributed by atoms with Crippen LogP contribution in [0.15, 0.2) is 11.1 Å². The molecule has 0 heterocycles. The molecule has 15 heavy (non-hydrogen) atoms. The molecule has 4 nitrogen and oxygen atoms in total. The third-order valence-corrected chi connectivity index (χ3v) is 3.59. The van der Waals surface area contributed by atoms with Crippen LogP contribution in [0.5, 0.6) is 0 Å². The van der Waals surface area contributed by atoms with Crippen molar-refractivity contribution in [3.8, 4) is 0 Å². The molecule has 0 bridgehead atoms. The van der Waals surface area contributed by atoms with Crippen molar-refractivity contribution in [2.24, 2.45) is 0 Å². The van der Waals surface area contributed by atoms with Gasteiger partial charge in [0.25, 0.3) is 0 Å². The highest BCUT2D eigenvalue weighted by Gasteiger charge is 2.23. The van der Waals surface area contributed by atoms with E-state index in [9.17, 15) is 9.59 Å². The van der Waals surface area contributed by atoms with E-state index in [4.69, 9.17) is 10.2 Å². The second kappa shape index (κ2) is 5.32. The number of Topliss-reactive ketones (excluding diaryl/α,β-unsaturated/α-hetero) is 1. The largest absolute Gasteiger partial charge is 0.480 e. The smallest absolute Gasteiger partial charge is 0.316 e. The fourth-order valence-electron chi connectivity index (χ4n) is 1.40. The Bertz CT molecular complexity index is 309. The van der Waals surface area contributed by atoms with Crippen molar-refractivity contribution in [1.29, 1.82) is 0 Å². The van der Waals surface area contributed by atoms with Crippen LogP contribution in [-0.4, -0.2) is 39.6 Å². The van der Waals surface area contributed by atoms with Crippen molar-refractivity contribution in [3.63, 3.8) is 0 Å². The van der Waals surface area contributed by atoms with Crippen molar-refractivity contribution >= 4 is 23.5 Å². The normalized spacial score (nSPS) is 18.4. The molecule has 0 aliphatic heterocycles. The summed E-state index contributed by atoms with van der Waals surface area (Å²) in [4.78, 5) is 22.0. The minimum Gasteiger partial charge on any atom is -0.480 e. The molecule has 2 N–H and O–H groups in total. The van der Waals surface area contributed by atoms with Crippen LogP contribution < -0.4 is 0 Å². The monoisotopic (exact) mass is 230 g/mol. The van der Waals surface area contributed by atoms with Crippen molar-refractivity contribution < 1.29 is 19.8 Å². The number of aliphatic hydroxyl groups is 1. The average molecular weight is 230 g/mol. The summed E-state index contributed by atoms with van der Waals surface area (Å²) >= 11 is 1.22. The van der Waals surface area contributed by atoms with Crippen molar-refractivity contribution in [2.45, 2.75) is 25.0 Å². The Kier molecular flexibility index (Phi) is 4.35. The first-order valence-corrected chi connectivity index (χ1v) is 5.80. The van der Waals surface area contributed by atoms with Gasteiger partial charge in [0.15, 0.2) is 5.78 Å². The number of carbonyl (C=O) groups excluding carboxylic acids is 1. The average Bonchev–Trinajstić information content (AvgIpc) is 2.55. The summed E-state index contributed by atoms with van der Waals surface area (Å²) in [6.45, 7) is 1.49. The van der Waals surface area contributed by atoms with Gasteiger partial charge in [0.2, 0.25) is 0 Å². The predicted octanol–water partition coefficient (Wildman–Crippen LogP) is 0.845. The molecular formula is C10H14O4S. The van der Waals surface area contributed by atoms with Crippen LogP contribution in [0.3, 0.4) is 0 Å². The number of hydrogen-bond acceptors (Lipinski definition) is 4. The molecule has 5 heteroatoms. The number of thioether (sulfide) groups is 1. The van der Waals surface area contributed by atoms with E-state index in [0.717, 1.165) is 5.57 Å². The molecule has 1 aliphatic rings. The minimum atomic E-state index is -0.878. The number of aliphatic carboxylic acids is 1. The molecule has 0 amide bonds. The van der Waals surface area contributed by atoms with Gasteiger partial charge in [-0.25, -0.2) is 0 Å². The molecule has 0 spiro atoms. The number of ketones is 1. The SMILES string of the molecule is CC(SCC1=C(CO)CCC1=O)C(=O)O. The lowest BCUT2D eigenvalue weighted by molar-refractivity contribution is -0.136. The van der Waals surface area contributed by atoms with E-state index < -0.39 is 11.2 Å². The third-order valence-electron chi connectivity index (χ3n) is 2.43. The summed E-state index contributed by atoms with van der Waals surface area (Å²) < 4.78 is 0. The molecule has 0 aromatic heterocycles. The summed E-state index contributed by atoms with van der Waals surface area (Å²) in [7, 11) is 0. The van der Waals surface area contributed by atoms with Crippen LogP contribution in [0.2, 0.25) is 0 Å². The minimum absolute atomic E-state index is 0.0455. The van der Waals surface area contributed by atoms with E-state index in [2.05, 4.69) is 0 Å². The lowest BCUT2D eigenvalue weighted by atomic mass is 10.2. The Morgan fingerprint density at radius 3 is 2.73 bits per heavy atom. The quantitative estimate of drug-likeness (QED) is 0.732. The van der Waals surface area contributed by atoms with Gasteiger partial charge in [-0.15, -0.1) is 11.8 Å². The maximum absolute atomic E-state index is 11.4. The lowest BCUT2D eigenvalue weighted by Gasteiger charge is -2.07. The summed E-state index contributed by atoms with van der Waals surface area (Å²) in [5.74, 6) is -0.442. The van der Waals surface area contributed by atoms with E-state index in [-0.39, 0.29) is 12.4 Å². The first kappa shape index (κ1) is 12.3. The number of aliphatic hydroxyl groups excluding tert-OH is 1. The first-order valence-electron chi connectivity index (χ1n) is 4.75. The zero-order chi connectivity index (χ0) is 11.4. The topological polar surface area (TPSA) is 74.6 Å². The van der Waals surface area contributed by atoms with Crippen molar-refractivity contribution in [2.75, 3.05) is 12.4 Å².